The summed E-state index contributed by atoms with van der Waals surface area (Å²) in [6.07, 6.45) is 0.882. The molecule has 3 rings (SSSR count). The van der Waals surface area contributed by atoms with Gasteiger partial charge in [0, 0.05) is 43.3 Å². The van der Waals surface area contributed by atoms with E-state index in [0.29, 0.717) is 37.7 Å². The number of ether oxygens (including phenoxy) is 2. The lowest BCUT2D eigenvalue weighted by molar-refractivity contribution is 0.0684. The molecule has 0 radical (unpaired) electrons. The first kappa shape index (κ1) is 20.9. The van der Waals surface area contributed by atoms with Crippen LogP contribution in [0.15, 0.2) is 48.5 Å². The summed E-state index contributed by atoms with van der Waals surface area (Å²) in [4.78, 5) is 12.2. The summed E-state index contributed by atoms with van der Waals surface area (Å²) in [5.74, 6) is -0.223. The minimum atomic E-state index is -0.929. The molecule has 6 nitrogen and oxygen atoms in total. The number of rotatable bonds is 11. The van der Waals surface area contributed by atoms with Gasteiger partial charge in [0.15, 0.2) is 0 Å². The summed E-state index contributed by atoms with van der Waals surface area (Å²) in [6.45, 7) is 5.11. The van der Waals surface area contributed by atoms with Gasteiger partial charge in [-0.2, -0.15) is 0 Å². The third-order valence-electron chi connectivity index (χ3n) is 4.91. The Morgan fingerprint density at radius 1 is 1.17 bits per heavy atom. The van der Waals surface area contributed by atoms with Gasteiger partial charge in [-0.15, -0.1) is 0 Å². The van der Waals surface area contributed by atoms with Crippen LogP contribution in [0.1, 0.15) is 35.0 Å². The number of carboxylic acid groups (broad SMARTS) is 1. The van der Waals surface area contributed by atoms with Crippen LogP contribution in [0.3, 0.4) is 0 Å². The average Bonchev–Trinajstić information content (AvgIpc) is 3.04. The maximum Gasteiger partial charge on any atom is 0.352 e. The van der Waals surface area contributed by atoms with Gasteiger partial charge in [0.1, 0.15) is 11.4 Å². The number of hydrogen-bond donors (Lipinski definition) is 2. The second-order valence-corrected chi connectivity index (χ2v) is 6.81. The molecule has 0 saturated heterocycles. The van der Waals surface area contributed by atoms with Gasteiger partial charge in [-0.25, -0.2) is 4.79 Å². The number of carbonyl (C=O) groups is 1. The summed E-state index contributed by atoms with van der Waals surface area (Å²) < 4.78 is 12.6. The first-order valence-electron chi connectivity index (χ1n) is 9.90. The van der Waals surface area contributed by atoms with E-state index >= 15 is 0 Å². The topological polar surface area (TPSA) is 72.7 Å². The van der Waals surface area contributed by atoms with Gasteiger partial charge in [0.05, 0.1) is 12.6 Å². The van der Waals surface area contributed by atoms with Crippen molar-refractivity contribution in [3.63, 3.8) is 0 Å². The highest BCUT2D eigenvalue weighted by Crippen LogP contribution is 2.30. The molecule has 0 aliphatic carbocycles. The van der Waals surface area contributed by atoms with Crippen LogP contribution in [0.25, 0.3) is 10.9 Å². The monoisotopic (exact) mass is 396 g/mol. The minimum absolute atomic E-state index is 0.314. The zero-order valence-corrected chi connectivity index (χ0v) is 17.0. The van der Waals surface area contributed by atoms with Crippen LogP contribution in [0.2, 0.25) is 0 Å². The number of methoxy groups -OCH3 is 1. The van der Waals surface area contributed by atoms with E-state index in [0.717, 1.165) is 35.0 Å². The fourth-order valence-electron chi connectivity index (χ4n) is 3.54. The summed E-state index contributed by atoms with van der Waals surface area (Å²) in [5, 5.41) is 14.3. The van der Waals surface area contributed by atoms with Crippen molar-refractivity contribution in [3.05, 3.63) is 65.4 Å². The number of aromatic carboxylic acids is 1. The third-order valence-corrected chi connectivity index (χ3v) is 4.91. The van der Waals surface area contributed by atoms with Crippen molar-refractivity contribution in [2.75, 3.05) is 26.9 Å². The smallest absolute Gasteiger partial charge is 0.352 e. The molecule has 0 bridgehead atoms. The molecule has 0 spiro atoms. The molecule has 0 aliphatic rings. The van der Waals surface area contributed by atoms with Crippen molar-refractivity contribution in [2.24, 2.45) is 0 Å². The summed E-state index contributed by atoms with van der Waals surface area (Å²) in [7, 11) is 1.62. The Morgan fingerprint density at radius 3 is 2.66 bits per heavy atom. The summed E-state index contributed by atoms with van der Waals surface area (Å²) in [6, 6.07) is 15.6. The van der Waals surface area contributed by atoms with Gasteiger partial charge < -0.3 is 24.5 Å². The van der Waals surface area contributed by atoms with E-state index in [1.165, 1.54) is 0 Å². The molecular formula is C23H28N2O4. The van der Waals surface area contributed by atoms with E-state index < -0.39 is 5.97 Å². The molecular weight excluding hydrogens is 368 g/mol. The maximum atomic E-state index is 12.2. The van der Waals surface area contributed by atoms with Gasteiger partial charge in [-0.05, 0) is 37.6 Å². The first-order valence-corrected chi connectivity index (χ1v) is 9.90. The molecule has 2 aromatic carbocycles. The number of nitrogens with one attached hydrogen (secondary N) is 1. The Hall–Kier alpha value is -2.83. The first-order chi connectivity index (χ1) is 14.2. The highest BCUT2D eigenvalue weighted by Gasteiger charge is 2.22. The standard InChI is InChI=1S/C23H28N2O4/c1-3-29-13-7-12-24-15-20-19-11-10-18(28-2)14-21(19)25(22(20)23(26)27)16-17-8-5-4-6-9-17/h4-6,8-11,14,24H,3,7,12-13,15-16H2,1-2H3,(H,26,27). The second-order valence-electron chi connectivity index (χ2n) is 6.81. The van der Waals surface area contributed by atoms with Crippen LogP contribution < -0.4 is 10.1 Å². The van der Waals surface area contributed by atoms with E-state index in [-0.39, 0.29) is 0 Å². The van der Waals surface area contributed by atoms with Crippen molar-refractivity contribution in [1.29, 1.82) is 0 Å². The fraction of sp³-hybridized carbons (Fsp3) is 0.348. The largest absolute Gasteiger partial charge is 0.497 e. The average molecular weight is 396 g/mol. The van der Waals surface area contributed by atoms with Crippen molar-refractivity contribution < 1.29 is 19.4 Å². The molecule has 6 heteroatoms. The number of aromatic nitrogens is 1. The van der Waals surface area contributed by atoms with Crippen molar-refractivity contribution in [2.45, 2.75) is 26.4 Å². The molecule has 0 saturated carbocycles. The Balaban J connectivity index is 1.97. The van der Waals surface area contributed by atoms with E-state index in [9.17, 15) is 9.90 Å². The number of carboxylic acids is 1. The number of fused-ring (bicyclic) bond motifs is 1. The molecule has 0 aliphatic heterocycles. The van der Waals surface area contributed by atoms with E-state index in [1.807, 2.05) is 60.0 Å². The fourth-order valence-corrected chi connectivity index (χ4v) is 3.54. The molecule has 0 atom stereocenters. The van der Waals surface area contributed by atoms with E-state index in [2.05, 4.69) is 5.32 Å². The Morgan fingerprint density at radius 2 is 1.97 bits per heavy atom. The van der Waals surface area contributed by atoms with Crippen LogP contribution in [0.5, 0.6) is 5.75 Å². The highest BCUT2D eigenvalue weighted by molar-refractivity contribution is 5.98. The molecule has 29 heavy (non-hydrogen) atoms. The van der Waals surface area contributed by atoms with Gasteiger partial charge in [0.25, 0.3) is 0 Å². The predicted molar refractivity (Wildman–Crippen MR) is 114 cm³/mol. The van der Waals surface area contributed by atoms with Gasteiger partial charge in [0.2, 0.25) is 0 Å². The molecule has 0 fully saturated rings. The number of benzene rings is 2. The molecule has 1 heterocycles. The van der Waals surface area contributed by atoms with Crippen molar-refractivity contribution in [3.8, 4) is 5.75 Å². The van der Waals surface area contributed by atoms with E-state index in [4.69, 9.17) is 9.47 Å². The lowest BCUT2D eigenvalue weighted by Crippen LogP contribution is -2.19. The third kappa shape index (κ3) is 4.96. The van der Waals surface area contributed by atoms with Crippen molar-refractivity contribution >= 4 is 16.9 Å². The van der Waals surface area contributed by atoms with Crippen LogP contribution >= 0.6 is 0 Å². The maximum absolute atomic E-state index is 12.2. The quantitative estimate of drug-likeness (QED) is 0.481. The molecule has 1 aromatic heterocycles. The number of nitrogens with zero attached hydrogens (tertiary/aromatic N) is 1. The second kappa shape index (κ2) is 10.1. The lowest BCUT2D eigenvalue weighted by atomic mass is 10.1. The summed E-state index contributed by atoms with van der Waals surface area (Å²) in [5.41, 5.74) is 3.01. The zero-order valence-electron chi connectivity index (χ0n) is 17.0. The molecule has 0 unspecified atom stereocenters. The molecule has 0 amide bonds. The minimum Gasteiger partial charge on any atom is -0.497 e. The Bertz CT molecular complexity index is 950. The lowest BCUT2D eigenvalue weighted by Gasteiger charge is -2.10. The van der Waals surface area contributed by atoms with Gasteiger partial charge in [-0.3, -0.25) is 0 Å². The predicted octanol–water partition coefficient (Wildman–Crippen LogP) is 3.91. The summed E-state index contributed by atoms with van der Waals surface area (Å²) >= 11 is 0. The van der Waals surface area contributed by atoms with Crippen LogP contribution in [0, 0.1) is 0 Å². The zero-order chi connectivity index (χ0) is 20.6. The molecule has 154 valence electrons. The van der Waals surface area contributed by atoms with Crippen LogP contribution in [0.4, 0.5) is 0 Å². The number of hydrogen-bond acceptors (Lipinski definition) is 4. The highest BCUT2D eigenvalue weighted by atomic mass is 16.5. The Labute approximate surface area is 171 Å². The SMILES string of the molecule is CCOCCCNCc1c(C(=O)O)n(Cc2ccccc2)c2cc(OC)ccc12. The van der Waals surface area contributed by atoms with E-state index in [1.54, 1.807) is 7.11 Å². The van der Waals surface area contributed by atoms with Crippen LogP contribution in [-0.4, -0.2) is 42.5 Å². The van der Waals surface area contributed by atoms with Gasteiger partial charge >= 0.3 is 5.97 Å². The van der Waals surface area contributed by atoms with Gasteiger partial charge in [-0.1, -0.05) is 30.3 Å². The van der Waals surface area contributed by atoms with Crippen LogP contribution in [-0.2, 0) is 17.8 Å². The van der Waals surface area contributed by atoms with Crippen molar-refractivity contribution in [1.82, 2.24) is 9.88 Å². The normalized spacial score (nSPS) is 11.1. The molecule has 3 aromatic rings. The molecule has 2 N–H and O–H groups in total. The Kier molecular flexibility index (Phi) is 7.27.